The molecule has 2 aromatic rings. The fourth-order valence-corrected chi connectivity index (χ4v) is 2.40. The van der Waals surface area contributed by atoms with Crippen molar-refractivity contribution in [3.05, 3.63) is 60.7 Å². The first kappa shape index (κ1) is 10.3. The molecule has 0 aromatic carbocycles. The molecule has 0 fully saturated rings. The molecular formula is C15H11N3O. The van der Waals surface area contributed by atoms with E-state index in [0.29, 0.717) is 12.5 Å². The predicted molar refractivity (Wildman–Crippen MR) is 73.9 cm³/mol. The van der Waals surface area contributed by atoms with E-state index in [2.05, 4.69) is 20.9 Å². The number of hydrogen-bond acceptors (Lipinski definition) is 4. The molecule has 92 valence electrons. The molecule has 0 atom stereocenters. The predicted octanol–water partition coefficient (Wildman–Crippen LogP) is 2.80. The van der Waals surface area contributed by atoms with Crippen LogP contribution in [-0.4, -0.2) is 16.6 Å². The highest BCUT2D eigenvalue weighted by molar-refractivity contribution is 5.97. The van der Waals surface area contributed by atoms with Gasteiger partial charge in [0, 0.05) is 18.6 Å². The molecule has 0 N–H and O–H groups in total. The number of allylic oxidation sites excluding steroid dienone is 4. The number of fused-ring (bicyclic) bond motifs is 2. The molecule has 4 heteroatoms. The molecule has 2 aliphatic rings. The maximum atomic E-state index is 5.82. The second-order valence-corrected chi connectivity index (χ2v) is 4.38. The zero-order valence-corrected chi connectivity index (χ0v) is 10.2. The van der Waals surface area contributed by atoms with E-state index < -0.39 is 0 Å². The van der Waals surface area contributed by atoms with Crippen LogP contribution in [0.25, 0.3) is 10.9 Å². The van der Waals surface area contributed by atoms with Crippen LogP contribution < -0.4 is 9.64 Å². The molecule has 2 aromatic heterocycles. The summed E-state index contributed by atoms with van der Waals surface area (Å²) in [6, 6.07) is 3.89. The van der Waals surface area contributed by atoms with Crippen LogP contribution in [0.15, 0.2) is 60.7 Å². The minimum atomic E-state index is 0.496. The minimum absolute atomic E-state index is 0.496. The highest BCUT2D eigenvalue weighted by Gasteiger charge is 2.21. The zero-order valence-electron chi connectivity index (χ0n) is 10.2. The Morgan fingerprint density at radius 2 is 2.00 bits per heavy atom. The smallest absolute Gasteiger partial charge is 0.225 e. The van der Waals surface area contributed by atoms with Crippen molar-refractivity contribution in [2.45, 2.75) is 0 Å². The third-order valence-electron chi connectivity index (χ3n) is 3.27. The lowest BCUT2D eigenvalue weighted by molar-refractivity contribution is 0.343. The van der Waals surface area contributed by atoms with Crippen molar-refractivity contribution in [3.63, 3.8) is 0 Å². The first-order valence-electron chi connectivity index (χ1n) is 6.13. The zero-order chi connectivity index (χ0) is 12.7. The van der Waals surface area contributed by atoms with Gasteiger partial charge in [0.05, 0.1) is 22.3 Å². The maximum Gasteiger partial charge on any atom is 0.225 e. The summed E-state index contributed by atoms with van der Waals surface area (Å²) in [5.74, 6) is 0.645. The van der Waals surface area contributed by atoms with E-state index in [-0.39, 0.29) is 0 Å². The van der Waals surface area contributed by atoms with Gasteiger partial charge in [-0.05, 0) is 24.3 Å². The van der Waals surface area contributed by atoms with Crippen molar-refractivity contribution in [2.75, 3.05) is 11.5 Å². The van der Waals surface area contributed by atoms with E-state index >= 15 is 0 Å². The lowest BCUT2D eigenvalue weighted by atomic mass is 10.2. The number of pyridine rings is 2. The minimum Gasteiger partial charge on any atom is -0.471 e. The second kappa shape index (κ2) is 3.95. The van der Waals surface area contributed by atoms with Gasteiger partial charge >= 0.3 is 0 Å². The fourth-order valence-electron chi connectivity index (χ4n) is 2.40. The van der Waals surface area contributed by atoms with E-state index in [1.54, 1.807) is 6.20 Å². The highest BCUT2D eigenvalue weighted by atomic mass is 16.5. The number of anilines is 1. The summed E-state index contributed by atoms with van der Waals surface area (Å²) in [6.07, 6.45) is 13.7. The van der Waals surface area contributed by atoms with Crippen molar-refractivity contribution in [2.24, 2.45) is 0 Å². The first-order valence-corrected chi connectivity index (χ1v) is 6.13. The van der Waals surface area contributed by atoms with Gasteiger partial charge in [0.25, 0.3) is 0 Å². The van der Waals surface area contributed by atoms with Gasteiger partial charge in [-0.3, -0.25) is 4.98 Å². The standard InChI is InChI=1S/C15H11N3O/c1-2-4-11-10-19-15-14-12(5-7-17-15)16-8-6-13(14)18(11)9-3-1/h1-9H,10H2. The van der Waals surface area contributed by atoms with Gasteiger partial charge in [0.1, 0.15) is 6.61 Å². The van der Waals surface area contributed by atoms with Crippen molar-refractivity contribution in [3.8, 4) is 5.88 Å². The third-order valence-corrected chi connectivity index (χ3v) is 3.27. The fraction of sp³-hybridized carbons (Fsp3) is 0.0667. The largest absolute Gasteiger partial charge is 0.471 e. The summed E-state index contributed by atoms with van der Waals surface area (Å²) in [7, 11) is 0. The number of nitrogens with zero attached hydrogens (tertiary/aromatic N) is 3. The lowest BCUT2D eigenvalue weighted by Gasteiger charge is -2.20. The summed E-state index contributed by atoms with van der Waals surface area (Å²) in [5, 5.41) is 0.958. The number of rotatable bonds is 0. The Labute approximate surface area is 110 Å². The Kier molecular flexibility index (Phi) is 2.14. The molecule has 0 saturated carbocycles. The molecule has 0 aliphatic carbocycles. The molecule has 4 rings (SSSR count). The van der Waals surface area contributed by atoms with Crippen LogP contribution in [0.5, 0.6) is 5.88 Å². The number of hydrogen-bond donors (Lipinski definition) is 0. The average Bonchev–Trinajstić information content (AvgIpc) is 2.76. The van der Waals surface area contributed by atoms with E-state index in [4.69, 9.17) is 4.74 Å². The van der Waals surface area contributed by atoms with E-state index in [1.807, 2.05) is 42.8 Å². The van der Waals surface area contributed by atoms with Gasteiger partial charge in [0.2, 0.25) is 5.88 Å². The Morgan fingerprint density at radius 3 is 3.00 bits per heavy atom. The molecule has 0 amide bonds. The van der Waals surface area contributed by atoms with Gasteiger partial charge < -0.3 is 9.64 Å². The quantitative estimate of drug-likeness (QED) is 0.719. The maximum absolute atomic E-state index is 5.82. The molecule has 4 nitrogen and oxygen atoms in total. The first-order chi connectivity index (χ1) is 9.43. The monoisotopic (exact) mass is 249 g/mol. The molecule has 0 saturated heterocycles. The number of ether oxygens (including phenoxy) is 1. The van der Waals surface area contributed by atoms with E-state index in [1.165, 1.54) is 0 Å². The molecule has 0 radical (unpaired) electrons. The second-order valence-electron chi connectivity index (χ2n) is 4.38. The molecule has 0 unspecified atom stereocenters. The van der Waals surface area contributed by atoms with Crippen LogP contribution in [0.1, 0.15) is 0 Å². The summed E-state index contributed by atoms with van der Waals surface area (Å²) >= 11 is 0. The number of aromatic nitrogens is 2. The van der Waals surface area contributed by atoms with Crippen LogP contribution in [-0.2, 0) is 0 Å². The van der Waals surface area contributed by atoms with Crippen LogP contribution in [0, 0.1) is 0 Å². The van der Waals surface area contributed by atoms with E-state index in [0.717, 1.165) is 22.3 Å². The van der Waals surface area contributed by atoms with Gasteiger partial charge in [-0.1, -0.05) is 12.2 Å². The molecule has 2 aliphatic heterocycles. The summed E-state index contributed by atoms with van der Waals surface area (Å²) in [6.45, 7) is 0.496. The summed E-state index contributed by atoms with van der Waals surface area (Å²) < 4.78 is 5.82. The highest BCUT2D eigenvalue weighted by Crippen LogP contribution is 2.36. The molecule has 0 bridgehead atoms. The van der Waals surface area contributed by atoms with Crippen molar-refractivity contribution >= 4 is 16.6 Å². The van der Waals surface area contributed by atoms with Crippen LogP contribution in [0.3, 0.4) is 0 Å². The molecule has 19 heavy (non-hydrogen) atoms. The van der Waals surface area contributed by atoms with E-state index in [9.17, 15) is 0 Å². The molecular weight excluding hydrogens is 238 g/mol. The van der Waals surface area contributed by atoms with Gasteiger partial charge in [0.15, 0.2) is 0 Å². The lowest BCUT2D eigenvalue weighted by Crippen LogP contribution is -2.18. The van der Waals surface area contributed by atoms with Crippen molar-refractivity contribution < 1.29 is 4.74 Å². The van der Waals surface area contributed by atoms with Crippen LogP contribution in [0.4, 0.5) is 5.69 Å². The van der Waals surface area contributed by atoms with Gasteiger partial charge in [-0.2, -0.15) is 0 Å². The topological polar surface area (TPSA) is 38.3 Å². The van der Waals surface area contributed by atoms with Crippen molar-refractivity contribution in [1.82, 2.24) is 9.97 Å². The van der Waals surface area contributed by atoms with Crippen LogP contribution >= 0.6 is 0 Å². The average molecular weight is 249 g/mol. The van der Waals surface area contributed by atoms with Gasteiger partial charge in [-0.15, -0.1) is 0 Å². The molecule has 0 spiro atoms. The van der Waals surface area contributed by atoms with Crippen molar-refractivity contribution in [1.29, 1.82) is 0 Å². The summed E-state index contributed by atoms with van der Waals surface area (Å²) in [5.41, 5.74) is 3.03. The normalized spacial score (nSPS) is 16.4. The third kappa shape index (κ3) is 1.53. The summed E-state index contributed by atoms with van der Waals surface area (Å²) in [4.78, 5) is 10.8. The Bertz CT molecular complexity index is 741. The Morgan fingerprint density at radius 1 is 1.05 bits per heavy atom. The molecule has 4 heterocycles. The van der Waals surface area contributed by atoms with Crippen LogP contribution in [0.2, 0.25) is 0 Å². The Balaban J connectivity index is 2.06. The van der Waals surface area contributed by atoms with Gasteiger partial charge in [-0.25, -0.2) is 4.98 Å². The Hall–Kier alpha value is -2.62. The SMILES string of the molecule is C1=CC=C2COc3nccc4nccc(c34)N2C=C1.